The first-order chi connectivity index (χ1) is 5.89. The van der Waals surface area contributed by atoms with E-state index in [2.05, 4.69) is 16.0 Å². The third-order valence-electron chi connectivity index (χ3n) is 1.60. The minimum Gasteiger partial charge on any atom is -0.351 e. The minimum atomic E-state index is -0.150. The van der Waals surface area contributed by atoms with Gasteiger partial charge in [-0.25, -0.2) is 0 Å². The zero-order valence-electron chi connectivity index (χ0n) is 9.19. The van der Waals surface area contributed by atoms with Gasteiger partial charge in [0.2, 0.25) is 5.91 Å². The van der Waals surface area contributed by atoms with E-state index in [4.69, 9.17) is 0 Å². The summed E-state index contributed by atoms with van der Waals surface area (Å²) in [4.78, 5) is 11.4. The molecule has 0 saturated carbocycles. The van der Waals surface area contributed by atoms with Crippen LogP contribution in [-0.4, -0.2) is 31.7 Å². The molecule has 0 bridgehead atoms. The predicted octanol–water partition coefficient (Wildman–Crippen LogP) is 0.0561. The second kappa shape index (κ2) is 5.19. The Hall–Kier alpha value is -0.610. The van der Waals surface area contributed by atoms with Crippen LogP contribution in [0, 0.1) is 0 Å². The van der Waals surface area contributed by atoms with Crippen LogP contribution in [0.5, 0.6) is 0 Å². The highest BCUT2D eigenvalue weighted by Gasteiger charge is 2.16. The molecule has 0 unspecified atom stereocenters. The van der Waals surface area contributed by atoms with Gasteiger partial charge < -0.3 is 16.0 Å². The number of hydrogen-bond donors (Lipinski definition) is 3. The van der Waals surface area contributed by atoms with Gasteiger partial charge in [-0.2, -0.15) is 0 Å². The fourth-order valence-corrected chi connectivity index (χ4v) is 1.00. The number of amides is 1. The molecule has 3 N–H and O–H groups in total. The molecule has 0 spiro atoms. The third-order valence-corrected chi connectivity index (χ3v) is 1.60. The summed E-state index contributed by atoms with van der Waals surface area (Å²) >= 11 is 0. The zero-order chi connectivity index (χ0) is 10.5. The quantitative estimate of drug-likeness (QED) is 0.545. The molecule has 13 heavy (non-hydrogen) atoms. The van der Waals surface area contributed by atoms with Gasteiger partial charge in [-0.3, -0.25) is 4.79 Å². The van der Waals surface area contributed by atoms with Crippen LogP contribution in [0.1, 0.15) is 27.2 Å². The third kappa shape index (κ3) is 6.54. The van der Waals surface area contributed by atoms with Crippen molar-refractivity contribution in [3.05, 3.63) is 0 Å². The van der Waals surface area contributed by atoms with Crippen molar-refractivity contribution in [1.29, 1.82) is 0 Å². The van der Waals surface area contributed by atoms with Gasteiger partial charge >= 0.3 is 0 Å². The van der Waals surface area contributed by atoms with Crippen molar-refractivity contribution in [3.63, 3.8) is 0 Å². The lowest BCUT2D eigenvalue weighted by molar-refractivity contribution is -0.123. The molecule has 0 aliphatic rings. The topological polar surface area (TPSA) is 53.2 Å². The van der Waals surface area contributed by atoms with Gasteiger partial charge in [-0.05, 0) is 34.9 Å². The predicted molar refractivity (Wildman–Crippen MR) is 54.4 cm³/mol. The Labute approximate surface area is 80.5 Å². The van der Waals surface area contributed by atoms with Crippen LogP contribution in [0.25, 0.3) is 0 Å². The van der Waals surface area contributed by atoms with E-state index < -0.39 is 0 Å². The number of rotatable bonds is 4. The first-order valence-electron chi connectivity index (χ1n) is 4.54. The Morgan fingerprint density at radius 2 is 1.69 bits per heavy atom. The van der Waals surface area contributed by atoms with E-state index in [1.807, 2.05) is 34.9 Å². The van der Waals surface area contributed by atoms with E-state index in [-0.39, 0.29) is 17.6 Å². The molecule has 0 radical (unpaired) electrons. The molecule has 78 valence electrons. The smallest absolute Gasteiger partial charge is 0.223 e. The average molecular weight is 187 g/mol. The summed E-state index contributed by atoms with van der Waals surface area (Å²) < 4.78 is 0. The van der Waals surface area contributed by atoms with Crippen molar-refractivity contribution in [2.24, 2.45) is 0 Å². The molecule has 0 saturated heterocycles. The molecular formula is C9H21N3O. The van der Waals surface area contributed by atoms with Gasteiger partial charge in [-0.15, -0.1) is 0 Å². The summed E-state index contributed by atoms with van der Waals surface area (Å²) in [6, 6.07) is 0. The standard InChI is InChI=1S/C9H21N3O/c1-9(2,3)12-8(13)6-7(10-4)11-5/h7,10-11H,6H2,1-5H3,(H,12,13). The van der Waals surface area contributed by atoms with Gasteiger partial charge in [0.05, 0.1) is 12.6 Å². The second-order valence-electron chi connectivity index (χ2n) is 4.13. The van der Waals surface area contributed by atoms with E-state index in [0.717, 1.165) is 0 Å². The molecule has 0 atom stereocenters. The summed E-state index contributed by atoms with van der Waals surface area (Å²) in [5.74, 6) is 0.0567. The van der Waals surface area contributed by atoms with E-state index >= 15 is 0 Å². The van der Waals surface area contributed by atoms with Crippen molar-refractivity contribution >= 4 is 5.91 Å². The number of carbonyl (C=O) groups excluding carboxylic acids is 1. The average Bonchev–Trinajstić information content (AvgIpc) is 1.96. The maximum absolute atomic E-state index is 11.4. The summed E-state index contributed by atoms with van der Waals surface area (Å²) in [6.45, 7) is 5.91. The Bertz CT molecular complexity index is 159. The van der Waals surface area contributed by atoms with Crippen molar-refractivity contribution < 1.29 is 4.79 Å². The van der Waals surface area contributed by atoms with Crippen molar-refractivity contribution in [2.45, 2.75) is 38.9 Å². The molecule has 0 aromatic carbocycles. The highest BCUT2D eigenvalue weighted by atomic mass is 16.1. The first kappa shape index (κ1) is 12.4. The van der Waals surface area contributed by atoms with Crippen LogP contribution in [0.15, 0.2) is 0 Å². The normalized spacial score (nSPS) is 11.8. The van der Waals surface area contributed by atoms with E-state index in [1.54, 1.807) is 0 Å². The van der Waals surface area contributed by atoms with Gasteiger partial charge in [0.1, 0.15) is 0 Å². The van der Waals surface area contributed by atoms with Crippen LogP contribution in [-0.2, 0) is 4.79 Å². The summed E-state index contributed by atoms with van der Waals surface area (Å²) in [6.07, 6.45) is 0.493. The Morgan fingerprint density at radius 3 is 2.00 bits per heavy atom. The van der Waals surface area contributed by atoms with E-state index in [1.165, 1.54) is 0 Å². The van der Waals surface area contributed by atoms with E-state index in [0.29, 0.717) is 6.42 Å². The highest BCUT2D eigenvalue weighted by molar-refractivity contribution is 5.77. The van der Waals surface area contributed by atoms with E-state index in [9.17, 15) is 4.79 Å². The number of hydrogen-bond acceptors (Lipinski definition) is 3. The molecule has 0 rings (SSSR count). The van der Waals surface area contributed by atoms with Crippen molar-refractivity contribution in [1.82, 2.24) is 16.0 Å². The van der Waals surface area contributed by atoms with Gasteiger partial charge in [0.25, 0.3) is 0 Å². The Balaban J connectivity index is 3.86. The Kier molecular flexibility index (Phi) is 4.95. The van der Waals surface area contributed by atoms with Crippen LogP contribution < -0.4 is 16.0 Å². The molecule has 0 aliphatic carbocycles. The number of carbonyl (C=O) groups is 1. The SMILES string of the molecule is CNC(CC(=O)NC(C)(C)C)NC. The van der Waals surface area contributed by atoms with Crippen LogP contribution in [0.3, 0.4) is 0 Å². The van der Waals surface area contributed by atoms with Crippen LogP contribution >= 0.6 is 0 Å². The van der Waals surface area contributed by atoms with Crippen molar-refractivity contribution in [2.75, 3.05) is 14.1 Å². The zero-order valence-corrected chi connectivity index (χ0v) is 9.19. The molecule has 4 heteroatoms. The molecule has 0 aromatic rings. The summed E-state index contributed by atoms with van der Waals surface area (Å²) in [5, 5.41) is 8.89. The fourth-order valence-electron chi connectivity index (χ4n) is 1.00. The molecule has 0 heterocycles. The lowest BCUT2D eigenvalue weighted by Gasteiger charge is -2.22. The van der Waals surface area contributed by atoms with Crippen molar-refractivity contribution in [3.8, 4) is 0 Å². The van der Waals surface area contributed by atoms with Gasteiger partial charge in [-0.1, -0.05) is 0 Å². The fraction of sp³-hybridized carbons (Fsp3) is 0.889. The molecule has 1 amide bonds. The maximum atomic E-state index is 11.4. The van der Waals surface area contributed by atoms with Crippen LogP contribution in [0.4, 0.5) is 0 Å². The number of nitrogens with one attached hydrogen (secondary N) is 3. The maximum Gasteiger partial charge on any atom is 0.223 e. The Morgan fingerprint density at radius 1 is 1.23 bits per heavy atom. The molecule has 0 aromatic heterocycles. The summed E-state index contributed by atoms with van der Waals surface area (Å²) in [5.41, 5.74) is -0.150. The highest BCUT2D eigenvalue weighted by Crippen LogP contribution is 1.99. The summed E-state index contributed by atoms with van der Waals surface area (Å²) in [7, 11) is 3.65. The first-order valence-corrected chi connectivity index (χ1v) is 4.54. The lowest BCUT2D eigenvalue weighted by Crippen LogP contribution is -2.46. The largest absolute Gasteiger partial charge is 0.351 e. The second-order valence-corrected chi connectivity index (χ2v) is 4.13. The van der Waals surface area contributed by atoms with Gasteiger partial charge in [0, 0.05) is 5.54 Å². The van der Waals surface area contributed by atoms with Crippen LogP contribution in [0.2, 0.25) is 0 Å². The molecular weight excluding hydrogens is 166 g/mol. The molecule has 4 nitrogen and oxygen atoms in total. The molecule has 0 aliphatic heterocycles. The van der Waals surface area contributed by atoms with Gasteiger partial charge in [0.15, 0.2) is 0 Å². The molecule has 0 fully saturated rings. The lowest BCUT2D eigenvalue weighted by atomic mass is 10.1. The monoisotopic (exact) mass is 187 g/mol. The minimum absolute atomic E-state index is 0.0438.